The van der Waals surface area contributed by atoms with Gasteiger partial charge in [0.2, 0.25) is 0 Å². The summed E-state index contributed by atoms with van der Waals surface area (Å²) in [5.41, 5.74) is 0. The van der Waals surface area contributed by atoms with Gasteiger partial charge >= 0.3 is 0 Å². The summed E-state index contributed by atoms with van der Waals surface area (Å²) in [4.78, 5) is 6.24. The van der Waals surface area contributed by atoms with Crippen molar-refractivity contribution in [1.29, 1.82) is 0 Å². The first-order valence-electron chi connectivity index (χ1n) is 5.40. The summed E-state index contributed by atoms with van der Waals surface area (Å²) in [5, 5.41) is 0. The molecule has 0 N–H and O–H groups in total. The third-order valence-corrected chi connectivity index (χ3v) is 3.03. The van der Waals surface area contributed by atoms with E-state index in [0.717, 1.165) is 4.91 Å². The molecule has 0 aliphatic heterocycles. The van der Waals surface area contributed by atoms with Crippen LogP contribution >= 0.6 is 11.8 Å². The van der Waals surface area contributed by atoms with Gasteiger partial charge in [0.15, 0.2) is 0 Å². The molecule has 0 atom stereocenters. The molecule has 0 spiro atoms. The Bertz CT molecular complexity index is 320. The van der Waals surface area contributed by atoms with E-state index in [0.29, 0.717) is 5.92 Å². The Morgan fingerprint density at radius 1 is 1.31 bits per heavy atom. The van der Waals surface area contributed by atoms with Crippen LogP contribution in [-0.4, -0.2) is 13.3 Å². The van der Waals surface area contributed by atoms with Gasteiger partial charge in [-0.05, 0) is 29.9 Å². The van der Waals surface area contributed by atoms with Gasteiger partial charge in [-0.2, -0.15) is 0 Å². The normalized spacial score (nSPS) is 13.7. The highest BCUT2D eigenvalue weighted by atomic mass is 32.2. The van der Waals surface area contributed by atoms with Crippen molar-refractivity contribution >= 4 is 18.0 Å². The average Bonchev–Trinajstić information content (AvgIpc) is 2.24. The maximum absolute atomic E-state index is 4.01. The Morgan fingerprint density at radius 3 is 2.50 bits per heavy atom. The predicted octanol–water partition coefficient (Wildman–Crippen LogP) is 4.61. The minimum atomic E-state index is 0.520. The monoisotopic (exact) mass is 235 g/mol. The first-order chi connectivity index (χ1) is 7.61. The zero-order valence-corrected chi connectivity index (χ0v) is 11.4. The summed E-state index contributed by atoms with van der Waals surface area (Å²) in [6.07, 6.45) is 11.9. The van der Waals surface area contributed by atoms with Crippen LogP contribution in [0.2, 0.25) is 0 Å². The van der Waals surface area contributed by atoms with E-state index < -0.39 is 0 Å². The molecule has 0 saturated heterocycles. The molecule has 0 aliphatic rings. The van der Waals surface area contributed by atoms with Crippen LogP contribution in [0.15, 0.2) is 51.8 Å². The Labute approximate surface area is 104 Å². The maximum atomic E-state index is 4.01. The zero-order chi connectivity index (χ0) is 12.4. The molecular formula is C14H21NS. The van der Waals surface area contributed by atoms with Gasteiger partial charge in [-0.3, -0.25) is 4.99 Å². The van der Waals surface area contributed by atoms with E-state index in [1.54, 1.807) is 25.0 Å². The van der Waals surface area contributed by atoms with Crippen LogP contribution in [0.25, 0.3) is 0 Å². The van der Waals surface area contributed by atoms with Crippen LogP contribution in [0.3, 0.4) is 0 Å². The van der Waals surface area contributed by atoms with Crippen LogP contribution in [0.1, 0.15) is 20.8 Å². The van der Waals surface area contributed by atoms with Crippen molar-refractivity contribution in [2.24, 2.45) is 10.9 Å². The minimum absolute atomic E-state index is 0.520. The summed E-state index contributed by atoms with van der Waals surface area (Å²) in [7, 11) is 1.76. The fourth-order valence-corrected chi connectivity index (χ4v) is 1.79. The van der Waals surface area contributed by atoms with Gasteiger partial charge in [0.05, 0.1) is 0 Å². The van der Waals surface area contributed by atoms with E-state index in [-0.39, 0.29) is 0 Å². The van der Waals surface area contributed by atoms with Crippen molar-refractivity contribution in [3.8, 4) is 0 Å². The Morgan fingerprint density at radius 2 is 2.00 bits per heavy atom. The number of rotatable bonds is 6. The molecule has 0 aromatic heterocycles. The SMILES string of the molecule is C=C(/C=C\C=N/C)S/C(=C/C=C\C)C(C)C. The number of nitrogens with zero attached hydrogens (tertiary/aromatic N) is 1. The predicted molar refractivity (Wildman–Crippen MR) is 78.0 cm³/mol. The van der Waals surface area contributed by atoms with Crippen LogP contribution in [0.5, 0.6) is 0 Å². The number of hydrogen-bond donors (Lipinski definition) is 0. The molecule has 0 unspecified atom stereocenters. The third kappa shape index (κ3) is 7.30. The van der Waals surface area contributed by atoms with Gasteiger partial charge in [-0.25, -0.2) is 0 Å². The molecule has 1 nitrogen and oxygen atoms in total. The summed E-state index contributed by atoms with van der Waals surface area (Å²) in [6.45, 7) is 10.4. The summed E-state index contributed by atoms with van der Waals surface area (Å²) >= 11 is 1.71. The van der Waals surface area contributed by atoms with E-state index in [1.807, 2.05) is 25.2 Å². The van der Waals surface area contributed by atoms with Gasteiger partial charge in [0, 0.05) is 18.2 Å². The average molecular weight is 235 g/mol. The van der Waals surface area contributed by atoms with Crippen molar-refractivity contribution in [2.75, 3.05) is 7.05 Å². The van der Waals surface area contributed by atoms with Gasteiger partial charge < -0.3 is 0 Å². The third-order valence-electron chi connectivity index (χ3n) is 1.79. The lowest BCUT2D eigenvalue weighted by molar-refractivity contribution is 0.817. The Hall–Kier alpha value is -1.02. The molecule has 0 fully saturated rings. The van der Waals surface area contributed by atoms with E-state index >= 15 is 0 Å². The Balaban J connectivity index is 4.47. The van der Waals surface area contributed by atoms with E-state index in [4.69, 9.17) is 0 Å². The van der Waals surface area contributed by atoms with Gasteiger partial charge in [-0.15, -0.1) is 0 Å². The second-order valence-corrected chi connectivity index (χ2v) is 4.78. The van der Waals surface area contributed by atoms with Crippen LogP contribution in [0, 0.1) is 5.92 Å². The number of thioether (sulfide) groups is 1. The van der Waals surface area contributed by atoms with Crippen molar-refractivity contribution in [1.82, 2.24) is 0 Å². The fourth-order valence-electron chi connectivity index (χ4n) is 0.957. The lowest BCUT2D eigenvalue weighted by Gasteiger charge is -2.09. The lowest BCUT2D eigenvalue weighted by Crippen LogP contribution is -1.89. The standard InChI is InChI=1S/C14H21NS/c1-6-7-10-14(12(2)3)16-13(4)9-8-11-15-5/h6-12H,4H2,1-3,5H3/b7-6-,9-8-,14-10+,15-11-. The molecule has 88 valence electrons. The number of aliphatic imine (C=N–C) groups is 1. The molecule has 16 heavy (non-hydrogen) atoms. The second-order valence-electron chi connectivity index (χ2n) is 3.58. The zero-order valence-electron chi connectivity index (χ0n) is 10.6. The first kappa shape index (κ1) is 15.0. The number of allylic oxidation sites excluding steroid dienone is 6. The van der Waals surface area contributed by atoms with Gasteiger partial charge in [0.25, 0.3) is 0 Å². The second kappa shape index (κ2) is 9.22. The van der Waals surface area contributed by atoms with Crippen molar-refractivity contribution < 1.29 is 0 Å². The largest absolute Gasteiger partial charge is 0.297 e. The Kier molecular flexibility index (Phi) is 8.64. The molecule has 0 aromatic rings. The summed E-state index contributed by atoms with van der Waals surface area (Å²) < 4.78 is 0. The minimum Gasteiger partial charge on any atom is -0.297 e. The van der Waals surface area contributed by atoms with Gasteiger partial charge in [-0.1, -0.05) is 50.4 Å². The van der Waals surface area contributed by atoms with Crippen molar-refractivity contribution in [3.63, 3.8) is 0 Å². The van der Waals surface area contributed by atoms with Crippen molar-refractivity contribution in [2.45, 2.75) is 20.8 Å². The molecule has 0 aromatic carbocycles. The van der Waals surface area contributed by atoms with Gasteiger partial charge in [0.1, 0.15) is 0 Å². The summed E-state index contributed by atoms with van der Waals surface area (Å²) in [5.74, 6) is 0.520. The molecule has 0 rings (SSSR count). The van der Waals surface area contributed by atoms with Crippen LogP contribution in [0.4, 0.5) is 0 Å². The molecule has 2 heteroatoms. The number of hydrogen-bond acceptors (Lipinski definition) is 2. The van der Waals surface area contributed by atoms with Crippen LogP contribution in [-0.2, 0) is 0 Å². The highest BCUT2D eigenvalue weighted by Gasteiger charge is 2.03. The smallest absolute Gasteiger partial charge is 0.0277 e. The highest BCUT2D eigenvalue weighted by molar-refractivity contribution is 8.06. The highest BCUT2D eigenvalue weighted by Crippen LogP contribution is 2.30. The first-order valence-corrected chi connectivity index (χ1v) is 6.22. The lowest BCUT2D eigenvalue weighted by atomic mass is 10.2. The molecule has 0 bridgehead atoms. The van der Waals surface area contributed by atoms with E-state index in [9.17, 15) is 0 Å². The summed E-state index contributed by atoms with van der Waals surface area (Å²) in [6, 6.07) is 0. The quantitative estimate of drug-likeness (QED) is 0.484. The maximum Gasteiger partial charge on any atom is 0.0277 e. The molecular weight excluding hydrogens is 214 g/mol. The van der Waals surface area contributed by atoms with Crippen LogP contribution < -0.4 is 0 Å². The molecule has 0 heterocycles. The molecule has 0 aliphatic carbocycles. The van der Waals surface area contributed by atoms with E-state index in [1.165, 1.54) is 4.91 Å². The molecule has 0 amide bonds. The molecule has 0 saturated carbocycles. The molecule has 0 radical (unpaired) electrons. The fraction of sp³-hybridized carbons (Fsp3) is 0.357. The topological polar surface area (TPSA) is 12.4 Å². The van der Waals surface area contributed by atoms with Crippen molar-refractivity contribution in [3.05, 3.63) is 46.8 Å². The van der Waals surface area contributed by atoms with E-state index in [2.05, 4.69) is 37.6 Å².